The van der Waals surface area contributed by atoms with E-state index in [-0.39, 0.29) is 11.8 Å². The molecular formula is C10H17N5O. The van der Waals surface area contributed by atoms with Gasteiger partial charge in [0.15, 0.2) is 5.82 Å². The molecule has 2 N–H and O–H groups in total. The van der Waals surface area contributed by atoms with Gasteiger partial charge in [-0.05, 0) is 19.9 Å². The quantitative estimate of drug-likeness (QED) is 0.723. The predicted octanol–water partition coefficient (Wildman–Crippen LogP) is -0.476. The van der Waals surface area contributed by atoms with Crippen LogP contribution in [0.15, 0.2) is 6.33 Å². The highest BCUT2D eigenvalue weighted by atomic mass is 16.1. The second kappa shape index (κ2) is 5.07. The fourth-order valence-corrected chi connectivity index (χ4v) is 1.87. The van der Waals surface area contributed by atoms with Gasteiger partial charge in [0, 0.05) is 13.1 Å². The number of amides is 1. The molecule has 1 aliphatic heterocycles. The predicted molar refractivity (Wildman–Crippen MR) is 58.5 cm³/mol. The molecular weight excluding hydrogens is 206 g/mol. The summed E-state index contributed by atoms with van der Waals surface area (Å²) in [6, 6.07) is 0. The average Bonchev–Trinajstić information content (AvgIpc) is 2.96. The van der Waals surface area contributed by atoms with Crippen LogP contribution in [0.1, 0.15) is 19.2 Å². The zero-order valence-corrected chi connectivity index (χ0v) is 9.44. The first kappa shape index (κ1) is 11.1. The van der Waals surface area contributed by atoms with E-state index < -0.39 is 0 Å². The second-order valence-corrected chi connectivity index (χ2v) is 3.94. The molecule has 2 heterocycles. The van der Waals surface area contributed by atoms with Gasteiger partial charge in [0.1, 0.15) is 6.33 Å². The lowest BCUT2D eigenvalue weighted by molar-refractivity contribution is -0.124. The van der Waals surface area contributed by atoms with Crippen molar-refractivity contribution in [2.75, 3.05) is 13.1 Å². The van der Waals surface area contributed by atoms with Crippen LogP contribution in [0.4, 0.5) is 0 Å². The first-order chi connectivity index (χ1) is 7.81. The van der Waals surface area contributed by atoms with Crippen molar-refractivity contribution in [3.8, 4) is 0 Å². The van der Waals surface area contributed by atoms with Gasteiger partial charge in [-0.3, -0.25) is 4.79 Å². The first-order valence-electron chi connectivity index (χ1n) is 5.66. The van der Waals surface area contributed by atoms with Gasteiger partial charge in [-0.1, -0.05) is 0 Å². The maximum atomic E-state index is 11.7. The third-order valence-corrected chi connectivity index (χ3v) is 2.89. The van der Waals surface area contributed by atoms with Crippen molar-refractivity contribution in [1.82, 2.24) is 25.4 Å². The van der Waals surface area contributed by atoms with Crippen LogP contribution < -0.4 is 10.6 Å². The Morgan fingerprint density at radius 1 is 1.75 bits per heavy atom. The molecule has 0 spiro atoms. The number of carbonyl (C=O) groups excluding carboxylic acids is 1. The Kier molecular flexibility index (Phi) is 3.51. The zero-order valence-electron chi connectivity index (χ0n) is 9.44. The average molecular weight is 223 g/mol. The number of aryl methyl sites for hydroxylation is 1. The molecule has 6 nitrogen and oxygen atoms in total. The number of hydrogen-bond acceptors (Lipinski definition) is 4. The second-order valence-electron chi connectivity index (χ2n) is 3.94. The van der Waals surface area contributed by atoms with Crippen LogP contribution in [0.5, 0.6) is 0 Å². The molecule has 16 heavy (non-hydrogen) atoms. The molecule has 0 aliphatic carbocycles. The molecule has 1 amide bonds. The zero-order chi connectivity index (χ0) is 11.4. The van der Waals surface area contributed by atoms with E-state index in [9.17, 15) is 4.79 Å². The number of nitrogens with one attached hydrogen (secondary N) is 2. The van der Waals surface area contributed by atoms with Crippen molar-refractivity contribution in [3.05, 3.63) is 12.2 Å². The van der Waals surface area contributed by atoms with Crippen LogP contribution in [0.3, 0.4) is 0 Å². The minimum Gasteiger partial charge on any atom is -0.349 e. The van der Waals surface area contributed by atoms with Gasteiger partial charge < -0.3 is 15.2 Å². The van der Waals surface area contributed by atoms with Gasteiger partial charge in [0.25, 0.3) is 0 Å². The van der Waals surface area contributed by atoms with Crippen LogP contribution in [0.2, 0.25) is 0 Å². The van der Waals surface area contributed by atoms with Crippen molar-refractivity contribution < 1.29 is 4.79 Å². The molecule has 1 fully saturated rings. The summed E-state index contributed by atoms with van der Waals surface area (Å²) in [5.74, 6) is 1.02. The Balaban J connectivity index is 1.84. The maximum Gasteiger partial charge on any atom is 0.224 e. The number of aromatic nitrogens is 3. The van der Waals surface area contributed by atoms with Crippen molar-refractivity contribution >= 4 is 5.91 Å². The lowest BCUT2D eigenvalue weighted by atomic mass is 10.1. The van der Waals surface area contributed by atoms with E-state index >= 15 is 0 Å². The van der Waals surface area contributed by atoms with E-state index in [1.165, 1.54) is 0 Å². The largest absolute Gasteiger partial charge is 0.349 e. The van der Waals surface area contributed by atoms with E-state index in [1.54, 1.807) is 6.33 Å². The molecule has 0 aromatic carbocycles. The Bertz CT molecular complexity index is 356. The monoisotopic (exact) mass is 223 g/mol. The Morgan fingerprint density at radius 2 is 2.62 bits per heavy atom. The fraction of sp³-hybridized carbons (Fsp3) is 0.700. The molecule has 6 heteroatoms. The molecule has 0 bridgehead atoms. The standard InChI is InChI=1S/C10H17N5O/c1-2-15-7-13-14-9(15)6-12-10(16)8-3-4-11-5-8/h7-8,11H,2-6H2,1H3,(H,12,16). The van der Waals surface area contributed by atoms with Crippen molar-refractivity contribution in [1.29, 1.82) is 0 Å². The lowest BCUT2D eigenvalue weighted by Gasteiger charge is -2.09. The Hall–Kier alpha value is -1.43. The van der Waals surface area contributed by atoms with E-state index in [2.05, 4.69) is 20.8 Å². The number of rotatable bonds is 4. The number of nitrogens with zero attached hydrogens (tertiary/aromatic N) is 3. The topological polar surface area (TPSA) is 71.8 Å². The van der Waals surface area contributed by atoms with Gasteiger partial charge in [-0.25, -0.2) is 0 Å². The number of hydrogen-bond donors (Lipinski definition) is 2. The summed E-state index contributed by atoms with van der Waals surface area (Å²) >= 11 is 0. The third kappa shape index (κ3) is 2.38. The highest BCUT2D eigenvalue weighted by Crippen LogP contribution is 2.07. The summed E-state index contributed by atoms with van der Waals surface area (Å²) in [5.41, 5.74) is 0. The molecule has 1 atom stereocenters. The molecule has 1 aromatic rings. The molecule has 1 unspecified atom stereocenters. The van der Waals surface area contributed by atoms with Gasteiger partial charge in [0.05, 0.1) is 12.5 Å². The van der Waals surface area contributed by atoms with Crippen LogP contribution in [-0.4, -0.2) is 33.8 Å². The maximum absolute atomic E-state index is 11.7. The van der Waals surface area contributed by atoms with E-state index in [0.29, 0.717) is 6.54 Å². The van der Waals surface area contributed by atoms with Crippen LogP contribution in [0.25, 0.3) is 0 Å². The number of carbonyl (C=O) groups is 1. The van der Waals surface area contributed by atoms with Crippen molar-refractivity contribution in [2.24, 2.45) is 5.92 Å². The van der Waals surface area contributed by atoms with Crippen molar-refractivity contribution in [3.63, 3.8) is 0 Å². The molecule has 1 saturated heterocycles. The molecule has 0 saturated carbocycles. The van der Waals surface area contributed by atoms with E-state index in [4.69, 9.17) is 0 Å². The Morgan fingerprint density at radius 3 is 3.31 bits per heavy atom. The van der Waals surface area contributed by atoms with Crippen LogP contribution in [0, 0.1) is 5.92 Å². The summed E-state index contributed by atoms with van der Waals surface area (Å²) in [4.78, 5) is 11.7. The summed E-state index contributed by atoms with van der Waals surface area (Å²) < 4.78 is 1.92. The van der Waals surface area contributed by atoms with Crippen LogP contribution >= 0.6 is 0 Å². The summed E-state index contributed by atoms with van der Waals surface area (Å²) in [7, 11) is 0. The molecule has 1 aliphatic rings. The smallest absolute Gasteiger partial charge is 0.224 e. The fourth-order valence-electron chi connectivity index (χ4n) is 1.87. The molecule has 88 valence electrons. The summed E-state index contributed by atoms with van der Waals surface area (Å²) in [6.07, 6.45) is 2.60. The highest BCUT2D eigenvalue weighted by molar-refractivity contribution is 5.79. The SMILES string of the molecule is CCn1cnnc1CNC(=O)C1CCNC1. The summed E-state index contributed by atoms with van der Waals surface area (Å²) in [6.45, 7) is 5.03. The van der Waals surface area contributed by atoms with E-state index in [1.807, 2.05) is 11.5 Å². The van der Waals surface area contributed by atoms with E-state index in [0.717, 1.165) is 31.9 Å². The molecule has 2 rings (SSSR count). The minimum absolute atomic E-state index is 0.107. The lowest BCUT2D eigenvalue weighted by Crippen LogP contribution is -2.32. The third-order valence-electron chi connectivity index (χ3n) is 2.89. The summed E-state index contributed by atoms with van der Waals surface area (Å²) in [5, 5.41) is 13.9. The normalized spacial score (nSPS) is 19.9. The van der Waals surface area contributed by atoms with Crippen LogP contribution in [-0.2, 0) is 17.9 Å². The molecule has 0 radical (unpaired) electrons. The van der Waals surface area contributed by atoms with Gasteiger partial charge in [-0.15, -0.1) is 10.2 Å². The van der Waals surface area contributed by atoms with Gasteiger partial charge in [0.2, 0.25) is 5.91 Å². The minimum atomic E-state index is 0.107. The molecule has 1 aromatic heterocycles. The Labute approximate surface area is 94.4 Å². The first-order valence-corrected chi connectivity index (χ1v) is 5.66. The van der Waals surface area contributed by atoms with Gasteiger partial charge in [-0.2, -0.15) is 0 Å². The van der Waals surface area contributed by atoms with Gasteiger partial charge >= 0.3 is 0 Å². The van der Waals surface area contributed by atoms with Crippen molar-refractivity contribution in [2.45, 2.75) is 26.4 Å². The highest BCUT2D eigenvalue weighted by Gasteiger charge is 2.22.